The van der Waals surface area contributed by atoms with Crippen molar-refractivity contribution in [2.45, 2.75) is 18.9 Å². The third kappa shape index (κ3) is 2.30. The molecule has 0 amide bonds. The standard InChI is InChI=1S/C14H18N2O3/c1-19-14(18)9-15-6-10-5-11(8-15)12-3-2-4-13(17)16(12)7-10/h2-4,10-11H,5-9H2,1H3/t10?,11-/m1/s1. The number of carbonyl (C=O) groups excluding carboxylic acids is 1. The molecule has 1 unspecified atom stereocenters. The molecule has 1 fully saturated rings. The van der Waals surface area contributed by atoms with E-state index in [9.17, 15) is 9.59 Å². The molecule has 19 heavy (non-hydrogen) atoms. The van der Waals surface area contributed by atoms with Crippen LogP contribution < -0.4 is 5.56 Å². The highest BCUT2D eigenvalue weighted by Gasteiger charge is 2.34. The lowest BCUT2D eigenvalue weighted by molar-refractivity contribution is -0.142. The first-order valence-electron chi connectivity index (χ1n) is 6.66. The molecular weight excluding hydrogens is 244 g/mol. The third-order valence-corrected chi connectivity index (χ3v) is 4.14. The SMILES string of the molecule is COC(=O)CN1CC2C[C@H](C1)c1cccc(=O)n1C2. The molecule has 5 heteroatoms. The summed E-state index contributed by atoms with van der Waals surface area (Å²) >= 11 is 0. The number of piperidine rings is 1. The predicted octanol–water partition coefficient (Wildman–Crippen LogP) is 0.440. The van der Waals surface area contributed by atoms with Crippen LogP contribution in [0.4, 0.5) is 0 Å². The summed E-state index contributed by atoms with van der Waals surface area (Å²) < 4.78 is 6.63. The van der Waals surface area contributed by atoms with Crippen molar-refractivity contribution >= 4 is 5.97 Å². The van der Waals surface area contributed by atoms with E-state index in [2.05, 4.69) is 4.90 Å². The van der Waals surface area contributed by atoms with E-state index in [1.54, 1.807) is 6.07 Å². The van der Waals surface area contributed by atoms with Gasteiger partial charge in [-0.15, -0.1) is 0 Å². The van der Waals surface area contributed by atoms with Gasteiger partial charge in [-0.05, 0) is 18.4 Å². The Bertz CT molecular complexity index is 552. The molecule has 2 aliphatic rings. The Morgan fingerprint density at radius 3 is 3.00 bits per heavy atom. The number of aromatic nitrogens is 1. The molecule has 2 aliphatic heterocycles. The summed E-state index contributed by atoms with van der Waals surface area (Å²) in [5, 5.41) is 0. The Morgan fingerprint density at radius 1 is 1.37 bits per heavy atom. The molecule has 0 aromatic carbocycles. The number of esters is 1. The van der Waals surface area contributed by atoms with Crippen LogP contribution >= 0.6 is 0 Å². The molecular formula is C14H18N2O3. The van der Waals surface area contributed by atoms with E-state index in [1.807, 2.05) is 16.7 Å². The quantitative estimate of drug-likeness (QED) is 0.726. The van der Waals surface area contributed by atoms with E-state index in [0.29, 0.717) is 18.4 Å². The van der Waals surface area contributed by atoms with E-state index >= 15 is 0 Å². The lowest BCUT2D eigenvalue weighted by atomic mass is 9.83. The van der Waals surface area contributed by atoms with E-state index < -0.39 is 0 Å². The van der Waals surface area contributed by atoms with Gasteiger partial charge in [-0.1, -0.05) is 6.07 Å². The minimum atomic E-state index is -0.189. The summed E-state index contributed by atoms with van der Waals surface area (Å²) in [5.74, 6) is 0.618. The Hall–Kier alpha value is -1.62. The Morgan fingerprint density at radius 2 is 2.21 bits per heavy atom. The van der Waals surface area contributed by atoms with Crippen LogP contribution in [0.5, 0.6) is 0 Å². The van der Waals surface area contributed by atoms with Crippen LogP contribution in [0.3, 0.4) is 0 Å². The van der Waals surface area contributed by atoms with Gasteiger partial charge < -0.3 is 9.30 Å². The van der Waals surface area contributed by atoms with E-state index in [-0.39, 0.29) is 11.5 Å². The lowest BCUT2D eigenvalue weighted by Crippen LogP contribution is -2.48. The lowest BCUT2D eigenvalue weighted by Gasteiger charge is -2.42. The van der Waals surface area contributed by atoms with E-state index in [0.717, 1.165) is 31.7 Å². The number of hydrogen-bond acceptors (Lipinski definition) is 4. The molecule has 2 bridgehead atoms. The molecule has 3 rings (SSSR count). The van der Waals surface area contributed by atoms with Crippen LogP contribution in [-0.4, -0.2) is 42.2 Å². The summed E-state index contributed by atoms with van der Waals surface area (Å²) in [4.78, 5) is 25.4. The van der Waals surface area contributed by atoms with Gasteiger partial charge in [0.25, 0.3) is 5.56 Å². The fraction of sp³-hybridized carbons (Fsp3) is 0.571. The number of rotatable bonds is 2. The highest BCUT2D eigenvalue weighted by molar-refractivity contribution is 5.71. The van der Waals surface area contributed by atoms with Gasteiger partial charge in [-0.25, -0.2) is 0 Å². The smallest absolute Gasteiger partial charge is 0.319 e. The molecule has 0 spiro atoms. The number of hydrogen-bond donors (Lipinski definition) is 0. The van der Waals surface area contributed by atoms with Gasteiger partial charge in [0.05, 0.1) is 13.7 Å². The van der Waals surface area contributed by atoms with Crippen molar-refractivity contribution in [3.63, 3.8) is 0 Å². The van der Waals surface area contributed by atoms with Crippen molar-refractivity contribution in [2.75, 3.05) is 26.7 Å². The topological polar surface area (TPSA) is 51.5 Å². The summed E-state index contributed by atoms with van der Waals surface area (Å²) in [6.07, 6.45) is 1.11. The molecule has 3 heterocycles. The normalized spacial score (nSPS) is 25.7. The first-order valence-corrected chi connectivity index (χ1v) is 6.66. The fourth-order valence-corrected chi connectivity index (χ4v) is 3.37. The number of likely N-dealkylation sites (tertiary alicyclic amines) is 1. The zero-order chi connectivity index (χ0) is 13.4. The van der Waals surface area contributed by atoms with Gasteiger partial charge in [0.2, 0.25) is 0 Å². The number of nitrogens with zero attached hydrogens (tertiary/aromatic N) is 2. The number of carbonyl (C=O) groups is 1. The minimum Gasteiger partial charge on any atom is -0.468 e. The maximum Gasteiger partial charge on any atom is 0.319 e. The largest absolute Gasteiger partial charge is 0.468 e. The number of pyridine rings is 1. The maximum atomic E-state index is 11.9. The first-order chi connectivity index (χ1) is 9.17. The van der Waals surface area contributed by atoms with E-state index in [1.165, 1.54) is 7.11 Å². The average molecular weight is 262 g/mol. The second kappa shape index (κ2) is 4.81. The van der Waals surface area contributed by atoms with Gasteiger partial charge in [0.15, 0.2) is 0 Å². The number of ether oxygens (including phenoxy) is 1. The molecule has 2 atom stereocenters. The second-order valence-corrected chi connectivity index (χ2v) is 5.47. The molecule has 1 aromatic rings. The van der Waals surface area contributed by atoms with Gasteiger partial charge in [0, 0.05) is 37.3 Å². The fourth-order valence-electron chi connectivity index (χ4n) is 3.37. The highest BCUT2D eigenvalue weighted by Crippen LogP contribution is 2.34. The van der Waals surface area contributed by atoms with Gasteiger partial charge >= 0.3 is 5.97 Å². The van der Waals surface area contributed by atoms with E-state index in [4.69, 9.17) is 4.74 Å². The van der Waals surface area contributed by atoms with Crippen LogP contribution in [0.15, 0.2) is 23.0 Å². The molecule has 1 aromatic heterocycles. The van der Waals surface area contributed by atoms with Crippen molar-refractivity contribution < 1.29 is 9.53 Å². The maximum absolute atomic E-state index is 11.9. The van der Waals surface area contributed by atoms with Gasteiger partial charge in [-0.2, -0.15) is 0 Å². The van der Waals surface area contributed by atoms with Crippen LogP contribution in [-0.2, 0) is 16.1 Å². The molecule has 0 aliphatic carbocycles. The zero-order valence-corrected chi connectivity index (χ0v) is 11.0. The zero-order valence-electron chi connectivity index (χ0n) is 11.0. The van der Waals surface area contributed by atoms with Crippen LogP contribution in [0.1, 0.15) is 18.0 Å². The molecule has 0 N–H and O–H groups in total. The Balaban J connectivity index is 1.84. The van der Waals surface area contributed by atoms with Crippen LogP contribution in [0, 0.1) is 5.92 Å². The predicted molar refractivity (Wildman–Crippen MR) is 70.0 cm³/mol. The molecule has 1 saturated heterocycles. The van der Waals surface area contributed by atoms with Crippen LogP contribution in [0.25, 0.3) is 0 Å². The summed E-state index contributed by atoms with van der Waals surface area (Å²) in [5.41, 5.74) is 1.20. The average Bonchev–Trinajstić information content (AvgIpc) is 2.40. The monoisotopic (exact) mass is 262 g/mol. The summed E-state index contributed by atoms with van der Waals surface area (Å²) in [6, 6.07) is 5.48. The van der Waals surface area contributed by atoms with Gasteiger partial charge in [-0.3, -0.25) is 14.5 Å². The second-order valence-electron chi connectivity index (χ2n) is 5.47. The summed E-state index contributed by atoms with van der Waals surface area (Å²) in [6.45, 7) is 2.81. The molecule has 102 valence electrons. The molecule has 0 saturated carbocycles. The first kappa shape index (κ1) is 12.4. The van der Waals surface area contributed by atoms with Crippen molar-refractivity contribution in [2.24, 2.45) is 5.92 Å². The van der Waals surface area contributed by atoms with Gasteiger partial charge in [0.1, 0.15) is 0 Å². The van der Waals surface area contributed by atoms with Crippen molar-refractivity contribution in [1.29, 1.82) is 0 Å². The van der Waals surface area contributed by atoms with Crippen LogP contribution in [0.2, 0.25) is 0 Å². The Kier molecular flexibility index (Phi) is 3.14. The minimum absolute atomic E-state index is 0.0913. The molecule has 5 nitrogen and oxygen atoms in total. The summed E-state index contributed by atoms with van der Waals surface area (Å²) in [7, 11) is 1.42. The number of methoxy groups -OCH3 is 1. The third-order valence-electron chi connectivity index (χ3n) is 4.14. The van der Waals surface area contributed by atoms with Crippen molar-refractivity contribution in [1.82, 2.24) is 9.47 Å². The number of fused-ring (bicyclic) bond motifs is 4. The van der Waals surface area contributed by atoms with Crippen molar-refractivity contribution in [3.8, 4) is 0 Å². The molecule has 0 radical (unpaired) electrons. The highest BCUT2D eigenvalue weighted by atomic mass is 16.5. The Labute approximate surface area is 111 Å². The van der Waals surface area contributed by atoms with Crippen molar-refractivity contribution in [3.05, 3.63) is 34.2 Å².